The number of hydrogen-bond donors (Lipinski definition) is 2. The molecule has 0 unspecified atom stereocenters. The molecular weight excluding hydrogens is 447 g/mol. The molecule has 1 heterocycles. The van der Waals surface area contributed by atoms with Gasteiger partial charge in [-0.25, -0.2) is 0 Å². The highest BCUT2D eigenvalue weighted by atomic mass is 127. The number of carbonyl (C=O) groups excluding carboxylic acids is 1. The van der Waals surface area contributed by atoms with E-state index in [0.29, 0.717) is 31.4 Å². The molecule has 2 N–H and O–H groups in total. The molecule has 1 aromatic heterocycles. The minimum atomic E-state index is -0.133. The minimum absolute atomic E-state index is 0. The molecule has 0 aliphatic heterocycles. The summed E-state index contributed by atoms with van der Waals surface area (Å²) in [6, 6.07) is 13.2. The van der Waals surface area contributed by atoms with Crippen LogP contribution in [-0.2, 0) is 11.3 Å². The predicted octanol–water partition coefficient (Wildman–Crippen LogP) is 2.10. The summed E-state index contributed by atoms with van der Waals surface area (Å²) in [5.74, 6) is 2.04. The first-order valence-electron chi connectivity index (χ1n) is 8.07. The molecule has 2 aromatic rings. The minimum Gasteiger partial charge on any atom is -0.492 e. The second-order valence-corrected chi connectivity index (χ2v) is 5.34. The maximum atomic E-state index is 11.9. The van der Waals surface area contributed by atoms with Crippen LogP contribution in [-0.4, -0.2) is 50.6 Å². The van der Waals surface area contributed by atoms with Gasteiger partial charge in [-0.05, 0) is 24.3 Å². The van der Waals surface area contributed by atoms with Crippen molar-refractivity contribution in [2.45, 2.75) is 6.54 Å². The van der Waals surface area contributed by atoms with Gasteiger partial charge in [0.15, 0.2) is 5.96 Å². The maximum Gasteiger partial charge on any atom is 0.239 e. The smallest absolute Gasteiger partial charge is 0.239 e. The Bertz CT molecular complexity index is 662. The number of amides is 1. The fourth-order valence-corrected chi connectivity index (χ4v) is 2.13. The Balaban J connectivity index is 0.00000338. The van der Waals surface area contributed by atoms with Crippen LogP contribution in [0.2, 0.25) is 0 Å². The van der Waals surface area contributed by atoms with E-state index in [-0.39, 0.29) is 36.4 Å². The number of likely N-dealkylation sites (N-methyl/N-ethyl adjacent to an activating group) is 1. The molecule has 0 spiro atoms. The number of para-hydroxylation sites is 1. The molecule has 0 atom stereocenters. The summed E-state index contributed by atoms with van der Waals surface area (Å²) >= 11 is 0. The molecule has 0 radical (unpaired) electrons. The Labute approximate surface area is 170 Å². The quantitative estimate of drug-likeness (QED) is 0.350. The van der Waals surface area contributed by atoms with Crippen LogP contribution in [0.25, 0.3) is 0 Å². The highest BCUT2D eigenvalue weighted by Gasteiger charge is 2.08. The summed E-state index contributed by atoms with van der Waals surface area (Å²) in [6.45, 7) is 1.67. The van der Waals surface area contributed by atoms with Gasteiger partial charge in [0.2, 0.25) is 5.91 Å². The van der Waals surface area contributed by atoms with Crippen molar-refractivity contribution in [3.63, 3.8) is 0 Å². The van der Waals surface area contributed by atoms with Crippen LogP contribution in [0.5, 0.6) is 5.75 Å². The zero-order valence-corrected chi connectivity index (χ0v) is 17.3. The van der Waals surface area contributed by atoms with E-state index in [1.54, 1.807) is 19.4 Å². The van der Waals surface area contributed by atoms with E-state index >= 15 is 0 Å². The summed E-state index contributed by atoms with van der Waals surface area (Å²) in [7, 11) is 3.57. The fourth-order valence-electron chi connectivity index (χ4n) is 2.13. The highest BCUT2D eigenvalue weighted by Crippen LogP contribution is 2.07. The second-order valence-electron chi connectivity index (χ2n) is 5.34. The number of furan rings is 1. The van der Waals surface area contributed by atoms with E-state index in [9.17, 15) is 4.79 Å². The van der Waals surface area contributed by atoms with Crippen molar-refractivity contribution in [3.8, 4) is 5.75 Å². The average Bonchev–Trinajstić information content (AvgIpc) is 3.15. The molecule has 0 saturated carbocycles. The van der Waals surface area contributed by atoms with Gasteiger partial charge in [0.1, 0.15) is 18.1 Å². The van der Waals surface area contributed by atoms with Crippen LogP contribution in [0.4, 0.5) is 0 Å². The molecule has 7 nitrogen and oxygen atoms in total. The van der Waals surface area contributed by atoms with Gasteiger partial charge >= 0.3 is 0 Å². The topological polar surface area (TPSA) is 79.1 Å². The number of benzene rings is 1. The lowest BCUT2D eigenvalue weighted by Crippen LogP contribution is -2.45. The Morgan fingerprint density at radius 2 is 1.96 bits per heavy atom. The number of nitrogens with one attached hydrogen (secondary N) is 2. The van der Waals surface area contributed by atoms with Crippen molar-refractivity contribution < 1.29 is 13.9 Å². The molecule has 0 aliphatic carbocycles. The maximum absolute atomic E-state index is 11.9. The molecule has 0 fully saturated rings. The van der Waals surface area contributed by atoms with Gasteiger partial charge in [0.25, 0.3) is 0 Å². The van der Waals surface area contributed by atoms with Gasteiger partial charge in [0.05, 0.1) is 25.9 Å². The van der Waals surface area contributed by atoms with E-state index in [2.05, 4.69) is 15.6 Å². The van der Waals surface area contributed by atoms with Crippen LogP contribution in [0.1, 0.15) is 5.76 Å². The van der Waals surface area contributed by atoms with Gasteiger partial charge in [-0.3, -0.25) is 9.79 Å². The molecule has 2 rings (SSSR count). The van der Waals surface area contributed by atoms with Crippen molar-refractivity contribution >= 4 is 35.8 Å². The monoisotopic (exact) mass is 472 g/mol. The van der Waals surface area contributed by atoms with Gasteiger partial charge in [-0.1, -0.05) is 18.2 Å². The number of carbonyl (C=O) groups is 1. The van der Waals surface area contributed by atoms with Crippen LogP contribution >= 0.6 is 24.0 Å². The first-order valence-corrected chi connectivity index (χ1v) is 8.07. The van der Waals surface area contributed by atoms with E-state index in [1.807, 2.05) is 48.3 Å². The number of guanidine groups is 1. The normalized spacial score (nSPS) is 10.6. The Morgan fingerprint density at radius 3 is 2.62 bits per heavy atom. The summed E-state index contributed by atoms with van der Waals surface area (Å²) in [4.78, 5) is 17.9. The Kier molecular flexibility index (Phi) is 10.2. The third-order valence-electron chi connectivity index (χ3n) is 3.46. The third kappa shape index (κ3) is 7.77. The van der Waals surface area contributed by atoms with Crippen molar-refractivity contribution in [1.29, 1.82) is 0 Å². The van der Waals surface area contributed by atoms with Crippen LogP contribution in [0, 0.1) is 0 Å². The van der Waals surface area contributed by atoms with E-state index in [0.717, 1.165) is 5.75 Å². The number of nitrogens with zero attached hydrogens (tertiary/aromatic N) is 2. The lowest BCUT2D eigenvalue weighted by atomic mass is 10.3. The number of halogens is 1. The highest BCUT2D eigenvalue weighted by molar-refractivity contribution is 14.0. The molecular formula is C18H25IN4O3. The Morgan fingerprint density at radius 1 is 1.19 bits per heavy atom. The SMILES string of the molecule is CN=C(NCC(=O)NCc1ccco1)N(C)CCOc1ccccc1.I. The fraction of sp³-hybridized carbons (Fsp3) is 0.333. The van der Waals surface area contributed by atoms with Gasteiger partial charge < -0.3 is 24.7 Å². The zero-order chi connectivity index (χ0) is 17.9. The zero-order valence-electron chi connectivity index (χ0n) is 15.0. The molecule has 1 amide bonds. The molecule has 26 heavy (non-hydrogen) atoms. The number of rotatable bonds is 8. The van der Waals surface area contributed by atoms with E-state index < -0.39 is 0 Å². The standard InChI is InChI=1S/C18H24N4O3.HI/c1-19-18(21-14-17(23)20-13-16-9-6-11-24-16)22(2)10-12-25-15-7-4-3-5-8-15;/h3-9,11H,10,12-14H2,1-2H3,(H,19,21)(H,20,23);1H. The average molecular weight is 472 g/mol. The Hall–Kier alpha value is -2.23. The van der Waals surface area contributed by atoms with E-state index in [4.69, 9.17) is 9.15 Å². The molecule has 0 aliphatic rings. The van der Waals surface area contributed by atoms with Crippen LogP contribution in [0.15, 0.2) is 58.1 Å². The van der Waals surface area contributed by atoms with Crippen LogP contribution in [0.3, 0.4) is 0 Å². The molecule has 1 aromatic carbocycles. The first-order chi connectivity index (χ1) is 12.2. The number of aliphatic imine (C=N–C) groups is 1. The summed E-state index contributed by atoms with van der Waals surface area (Å²) in [5, 5.41) is 5.80. The predicted molar refractivity (Wildman–Crippen MR) is 112 cm³/mol. The largest absolute Gasteiger partial charge is 0.492 e. The second kappa shape index (κ2) is 12.2. The van der Waals surface area contributed by atoms with Gasteiger partial charge in [0, 0.05) is 14.1 Å². The van der Waals surface area contributed by atoms with Crippen molar-refractivity contribution in [1.82, 2.24) is 15.5 Å². The lowest BCUT2D eigenvalue weighted by molar-refractivity contribution is -0.120. The molecule has 0 saturated heterocycles. The van der Waals surface area contributed by atoms with Crippen molar-refractivity contribution in [3.05, 3.63) is 54.5 Å². The van der Waals surface area contributed by atoms with Gasteiger partial charge in [-0.2, -0.15) is 0 Å². The van der Waals surface area contributed by atoms with Crippen LogP contribution < -0.4 is 15.4 Å². The van der Waals surface area contributed by atoms with Crippen molar-refractivity contribution in [2.75, 3.05) is 33.8 Å². The van der Waals surface area contributed by atoms with Gasteiger partial charge in [-0.15, -0.1) is 24.0 Å². The first kappa shape index (κ1) is 21.8. The molecule has 142 valence electrons. The van der Waals surface area contributed by atoms with E-state index in [1.165, 1.54) is 0 Å². The lowest BCUT2D eigenvalue weighted by Gasteiger charge is -2.22. The molecule has 8 heteroatoms. The third-order valence-corrected chi connectivity index (χ3v) is 3.46. The molecule has 0 bridgehead atoms. The number of hydrogen-bond acceptors (Lipinski definition) is 4. The summed E-state index contributed by atoms with van der Waals surface area (Å²) in [5.41, 5.74) is 0. The summed E-state index contributed by atoms with van der Waals surface area (Å²) < 4.78 is 10.8. The van der Waals surface area contributed by atoms with Crippen molar-refractivity contribution in [2.24, 2.45) is 4.99 Å². The number of ether oxygens (including phenoxy) is 1. The summed E-state index contributed by atoms with van der Waals surface area (Å²) in [6.07, 6.45) is 1.58.